The Bertz CT molecular complexity index is 499. The molecular weight excluding hydrogens is 272 g/mol. The average molecular weight is 298 g/mol. The van der Waals surface area contributed by atoms with E-state index in [1.807, 2.05) is 19.1 Å². The lowest BCUT2D eigenvalue weighted by Gasteiger charge is -2.30. The highest BCUT2D eigenvalue weighted by Crippen LogP contribution is 2.10. The molecule has 1 aromatic carbocycles. The Kier molecular flexibility index (Phi) is 6.17. The fraction of sp³-hybridized carbons (Fsp3) is 0.600. The van der Waals surface area contributed by atoms with Crippen LogP contribution in [0.5, 0.6) is 0 Å². The fourth-order valence-electron chi connectivity index (χ4n) is 2.22. The average Bonchev–Trinajstić information content (AvgIpc) is 2.34. The zero-order chi connectivity index (χ0) is 15.3. The summed E-state index contributed by atoms with van der Waals surface area (Å²) >= 11 is 0. The molecule has 0 saturated carbocycles. The first-order chi connectivity index (χ1) is 9.24. The van der Waals surface area contributed by atoms with Crippen LogP contribution in [0.4, 0.5) is 0 Å². The minimum atomic E-state index is -3.40. The SMILES string of the molecule is Cc1ccc(S(=O)(=O)NCCN(C(C)C)C(C)C)cc1. The molecule has 0 atom stereocenters. The van der Waals surface area contributed by atoms with E-state index in [0.717, 1.165) is 5.56 Å². The van der Waals surface area contributed by atoms with Crippen molar-refractivity contribution in [3.05, 3.63) is 29.8 Å². The van der Waals surface area contributed by atoms with Crippen molar-refractivity contribution in [2.45, 2.75) is 51.6 Å². The molecule has 0 aliphatic rings. The van der Waals surface area contributed by atoms with Crippen molar-refractivity contribution in [2.75, 3.05) is 13.1 Å². The molecule has 0 aliphatic heterocycles. The van der Waals surface area contributed by atoms with E-state index < -0.39 is 10.0 Å². The van der Waals surface area contributed by atoms with Crippen LogP contribution in [0.3, 0.4) is 0 Å². The number of nitrogens with one attached hydrogen (secondary N) is 1. The Morgan fingerprint density at radius 1 is 1.05 bits per heavy atom. The maximum atomic E-state index is 12.1. The fourth-order valence-corrected chi connectivity index (χ4v) is 3.24. The first-order valence-corrected chi connectivity index (χ1v) is 8.54. The number of aryl methyl sites for hydroxylation is 1. The molecule has 0 bridgehead atoms. The summed E-state index contributed by atoms with van der Waals surface area (Å²) in [6.45, 7) is 11.5. The number of nitrogens with zero attached hydrogens (tertiary/aromatic N) is 1. The molecule has 0 aliphatic carbocycles. The van der Waals surface area contributed by atoms with Crippen molar-refractivity contribution in [2.24, 2.45) is 0 Å². The number of sulfonamides is 1. The highest BCUT2D eigenvalue weighted by molar-refractivity contribution is 7.89. The normalized spacial score (nSPS) is 12.6. The van der Waals surface area contributed by atoms with Crippen molar-refractivity contribution >= 4 is 10.0 Å². The summed E-state index contributed by atoms with van der Waals surface area (Å²) in [5.74, 6) is 0. The third-order valence-electron chi connectivity index (χ3n) is 3.32. The van der Waals surface area contributed by atoms with Crippen molar-refractivity contribution in [1.82, 2.24) is 9.62 Å². The second-order valence-electron chi connectivity index (χ2n) is 5.64. The van der Waals surface area contributed by atoms with Gasteiger partial charge in [0.2, 0.25) is 10.0 Å². The topological polar surface area (TPSA) is 49.4 Å². The predicted octanol–water partition coefficient (Wildman–Crippen LogP) is 2.39. The van der Waals surface area contributed by atoms with Gasteiger partial charge in [0.1, 0.15) is 0 Å². The first-order valence-electron chi connectivity index (χ1n) is 7.06. The van der Waals surface area contributed by atoms with E-state index in [4.69, 9.17) is 0 Å². The van der Waals surface area contributed by atoms with Crippen molar-refractivity contribution < 1.29 is 8.42 Å². The predicted molar refractivity (Wildman–Crippen MR) is 83.3 cm³/mol. The maximum Gasteiger partial charge on any atom is 0.240 e. The van der Waals surface area contributed by atoms with Gasteiger partial charge < -0.3 is 0 Å². The van der Waals surface area contributed by atoms with Crippen LogP contribution in [-0.2, 0) is 10.0 Å². The summed E-state index contributed by atoms with van der Waals surface area (Å²) in [5, 5.41) is 0. The summed E-state index contributed by atoms with van der Waals surface area (Å²) in [7, 11) is -3.40. The van der Waals surface area contributed by atoms with Crippen LogP contribution >= 0.6 is 0 Å². The molecule has 0 radical (unpaired) electrons. The molecule has 0 spiro atoms. The molecule has 0 saturated heterocycles. The highest BCUT2D eigenvalue weighted by Gasteiger charge is 2.16. The summed E-state index contributed by atoms with van der Waals surface area (Å²) in [6, 6.07) is 7.70. The van der Waals surface area contributed by atoms with Crippen molar-refractivity contribution in [1.29, 1.82) is 0 Å². The Hall–Kier alpha value is -0.910. The van der Waals surface area contributed by atoms with Gasteiger partial charge in [-0.25, -0.2) is 13.1 Å². The molecule has 0 amide bonds. The molecule has 114 valence electrons. The van der Waals surface area contributed by atoms with E-state index in [0.29, 0.717) is 30.1 Å². The first kappa shape index (κ1) is 17.1. The monoisotopic (exact) mass is 298 g/mol. The van der Waals surface area contributed by atoms with Crippen molar-refractivity contribution in [3.8, 4) is 0 Å². The van der Waals surface area contributed by atoms with Gasteiger partial charge in [-0.3, -0.25) is 4.90 Å². The van der Waals surface area contributed by atoms with E-state index in [9.17, 15) is 8.42 Å². The minimum Gasteiger partial charge on any atom is -0.297 e. The van der Waals surface area contributed by atoms with Crippen LogP contribution in [0.2, 0.25) is 0 Å². The van der Waals surface area contributed by atoms with Gasteiger partial charge in [-0.05, 0) is 46.8 Å². The van der Waals surface area contributed by atoms with Gasteiger partial charge in [-0.2, -0.15) is 0 Å². The smallest absolute Gasteiger partial charge is 0.240 e. The second kappa shape index (κ2) is 7.20. The molecule has 0 fully saturated rings. The van der Waals surface area contributed by atoms with E-state index in [1.54, 1.807) is 12.1 Å². The molecule has 1 rings (SSSR count). The van der Waals surface area contributed by atoms with Gasteiger partial charge in [-0.1, -0.05) is 17.7 Å². The molecule has 0 heterocycles. The molecule has 0 aromatic heterocycles. The Morgan fingerprint density at radius 3 is 2.00 bits per heavy atom. The summed E-state index contributed by atoms with van der Waals surface area (Å²) in [5.41, 5.74) is 1.05. The summed E-state index contributed by atoms with van der Waals surface area (Å²) in [4.78, 5) is 2.58. The van der Waals surface area contributed by atoms with Gasteiger partial charge in [0.25, 0.3) is 0 Å². The molecule has 1 aromatic rings. The van der Waals surface area contributed by atoms with Crippen LogP contribution < -0.4 is 4.72 Å². The van der Waals surface area contributed by atoms with Crippen LogP contribution in [0.1, 0.15) is 33.3 Å². The van der Waals surface area contributed by atoms with E-state index >= 15 is 0 Å². The molecule has 1 N–H and O–H groups in total. The summed E-state index contributed by atoms with van der Waals surface area (Å²) in [6.07, 6.45) is 0. The third kappa shape index (κ3) is 4.89. The largest absolute Gasteiger partial charge is 0.297 e. The van der Waals surface area contributed by atoms with E-state index in [-0.39, 0.29) is 0 Å². The quantitative estimate of drug-likeness (QED) is 0.841. The molecule has 4 nitrogen and oxygen atoms in total. The number of benzene rings is 1. The second-order valence-corrected chi connectivity index (χ2v) is 7.40. The standard InChI is InChI=1S/C15H26N2O2S/c1-12(2)17(13(3)4)11-10-16-20(18,19)15-8-6-14(5)7-9-15/h6-9,12-13,16H,10-11H2,1-5H3. The lowest BCUT2D eigenvalue weighted by molar-refractivity contribution is 0.179. The van der Waals surface area contributed by atoms with Gasteiger partial charge in [-0.15, -0.1) is 0 Å². The molecule has 5 heteroatoms. The molecular formula is C15H26N2O2S. The number of rotatable bonds is 7. The van der Waals surface area contributed by atoms with Gasteiger partial charge >= 0.3 is 0 Å². The Balaban J connectivity index is 2.62. The van der Waals surface area contributed by atoms with Crippen LogP contribution in [0.15, 0.2) is 29.2 Å². The molecule has 0 unspecified atom stereocenters. The van der Waals surface area contributed by atoms with Gasteiger partial charge in [0.15, 0.2) is 0 Å². The number of hydrogen-bond donors (Lipinski definition) is 1. The van der Waals surface area contributed by atoms with Crippen molar-refractivity contribution in [3.63, 3.8) is 0 Å². The highest BCUT2D eigenvalue weighted by atomic mass is 32.2. The van der Waals surface area contributed by atoms with Gasteiger partial charge in [0.05, 0.1) is 4.90 Å². The Labute approximate surface area is 123 Å². The van der Waals surface area contributed by atoms with Crippen LogP contribution in [-0.4, -0.2) is 38.5 Å². The molecule has 20 heavy (non-hydrogen) atoms. The van der Waals surface area contributed by atoms with E-state index in [1.165, 1.54) is 0 Å². The number of hydrogen-bond acceptors (Lipinski definition) is 3. The zero-order valence-electron chi connectivity index (χ0n) is 13.1. The lowest BCUT2D eigenvalue weighted by atomic mass is 10.2. The summed E-state index contributed by atoms with van der Waals surface area (Å²) < 4.78 is 26.9. The van der Waals surface area contributed by atoms with Crippen LogP contribution in [0.25, 0.3) is 0 Å². The lowest BCUT2D eigenvalue weighted by Crippen LogP contribution is -2.42. The zero-order valence-corrected chi connectivity index (χ0v) is 13.9. The van der Waals surface area contributed by atoms with E-state index in [2.05, 4.69) is 37.3 Å². The Morgan fingerprint density at radius 2 is 1.55 bits per heavy atom. The van der Waals surface area contributed by atoms with Crippen LogP contribution in [0, 0.1) is 6.92 Å². The van der Waals surface area contributed by atoms with Gasteiger partial charge in [0, 0.05) is 25.2 Å². The maximum absolute atomic E-state index is 12.1. The minimum absolute atomic E-state index is 0.323. The third-order valence-corrected chi connectivity index (χ3v) is 4.80.